The van der Waals surface area contributed by atoms with Crippen LogP contribution in [-0.2, 0) is 38.1 Å². The number of rotatable bonds is 12. The van der Waals surface area contributed by atoms with Crippen LogP contribution < -0.4 is 5.32 Å². The molecule has 39 heavy (non-hydrogen) atoms. The number of allylic oxidation sites excluding steroid dienone is 1. The lowest BCUT2D eigenvalue weighted by Gasteiger charge is -2.20. The third-order valence-electron chi connectivity index (χ3n) is 6.54. The van der Waals surface area contributed by atoms with E-state index in [0.717, 1.165) is 76.0 Å². The summed E-state index contributed by atoms with van der Waals surface area (Å²) in [6, 6.07) is 0. The van der Waals surface area contributed by atoms with Crippen LogP contribution in [0.4, 0.5) is 9.59 Å². The molecule has 2 fully saturated rings. The molecule has 0 saturated heterocycles. The monoisotopic (exact) mass is 571 g/mol. The molecule has 0 bridgehead atoms. The average Bonchev–Trinajstić information content (AvgIpc) is 2.92. The Morgan fingerprint density at radius 2 is 1.28 bits per heavy atom. The van der Waals surface area contributed by atoms with Crippen molar-refractivity contribution >= 4 is 41.1 Å². The van der Waals surface area contributed by atoms with Crippen molar-refractivity contribution in [3.8, 4) is 0 Å². The molecule has 12 heteroatoms. The van der Waals surface area contributed by atoms with Gasteiger partial charge >= 0.3 is 29.3 Å². The minimum atomic E-state index is -0.978. The maximum Gasteiger partial charge on any atom is 0.414 e. The first-order valence-corrected chi connectivity index (χ1v) is 14.6. The van der Waals surface area contributed by atoms with Gasteiger partial charge < -0.3 is 23.7 Å². The topological polar surface area (TPSA) is 144 Å². The molecule has 0 aromatic rings. The normalized spacial score (nSPS) is 17.0. The molecule has 2 saturated carbocycles. The van der Waals surface area contributed by atoms with Gasteiger partial charge in [0.25, 0.3) is 0 Å². The van der Waals surface area contributed by atoms with Gasteiger partial charge in [-0.05, 0) is 70.2 Å². The minimum absolute atomic E-state index is 0.123. The van der Waals surface area contributed by atoms with Crippen molar-refractivity contribution in [2.45, 2.75) is 97.5 Å². The molecule has 0 aliphatic heterocycles. The van der Waals surface area contributed by atoms with Gasteiger partial charge in [0.2, 0.25) is 13.6 Å². The Hall–Kier alpha value is -2.76. The zero-order chi connectivity index (χ0) is 28.6. The van der Waals surface area contributed by atoms with E-state index in [1.165, 1.54) is 0 Å². The molecule has 2 aliphatic carbocycles. The van der Waals surface area contributed by atoms with Gasteiger partial charge in [-0.3, -0.25) is 14.9 Å². The van der Waals surface area contributed by atoms with E-state index in [2.05, 4.69) is 5.32 Å². The van der Waals surface area contributed by atoms with Crippen LogP contribution in [0.15, 0.2) is 11.3 Å². The summed E-state index contributed by atoms with van der Waals surface area (Å²) in [5.74, 6) is -1.60. The quantitative estimate of drug-likeness (QED) is 0.140. The summed E-state index contributed by atoms with van der Waals surface area (Å²) in [5.41, 5.74) is 0.323. The molecule has 0 aromatic carbocycles. The van der Waals surface area contributed by atoms with Crippen LogP contribution in [0.25, 0.3) is 0 Å². The van der Waals surface area contributed by atoms with Crippen molar-refractivity contribution in [3.05, 3.63) is 11.3 Å². The van der Waals surface area contributed by atoms with E-state index in [1.54, 1.807) is 20.8 Å². The lowest BCUT2D eigenvalue weighted by molar-refractivity contribution is -0.158. The number of carbonyl (C=O) groups is 5. The maximum atomic E-state index is 12.6. The Bertz CT molecular complexity index is 876. The predicted molar refractivity (Wildman–Crippen MR) is 142 cm³/mol. The molecule has 0 aromatic heterocycles. The van der Waals surface area contributed by atoms with Crippen LogP contribution in [-0.4, -0.2) is 54.7 Å². The molecule has 1 N–H and O–H groups in total. The number of ether oxygens (including phenoxy) is 5. The van der Waals surface area contributed by atoms with Crippen molar-refractivity contribution in [1.82, 2.24) is 5.32 Å². The lowest BCUT2D eigenvalue weighted by atomic mass is 9.89. The zero-order valence-electron chi connectivity index (χ0n) is 23.1. The van der Waals surface area contributed by atoms with Gasteiger partial charge in [0.15, 0.2) is 0 Å². The highest BCUT2D eigenvalue weighted by Gasteiger charge is 2.25. The van der Waals surface area contributed by atoms with Crippen molar-refractivity contribution in [2.75, 3.05) is 19.3 Å². The van der Waals surface area contributed by atoms with Crippen molar-refractivity contribution in [1.29, 1.82) is 0 Å². The summed E-state index contributed by atoms with van der Waals surface area (Å²) in [6.45, 7) is 3.93. The van der Waals surface area contributed by atoms with Gasteiger partial charge in [-0.15, -0.1) is 0 Å². The largest absolute Gasteiger partial charge is 0.458 e. The third kappa shape index (κ3) is 12.8. The Kier molecular flexibility index (Phi) is 14.8. The molecule has 0 atom stereocenters. The first kappa shape index (κ1) is 32.5. The molecular formula is C27H41NO10S. The molecule has 220 valence electrons. The molecule has 11 nitrogen and oxygen atoms in total. The number of hydrogen-bond donors (Lipinski definition) is 1. The molecular weight excluding hydrogens is 530 g/mol. The number of hydrogen-bond acceptors (Lipinski definition) is 11. The number of alkyl carbamates (subject to hydrolysis) is 1. The maximum absolute atomic E-state index is 12.6. The summed E-state index contributed by atoms with van der Waals surface area (Å²) in [6.07, 6.45) is 8.07. The number of nitrogens with one attached hydrogen (secondary N) is 1. The van der Waals surface area contributed by atoms with Crippen LogP contribution >= 0.6 is 11.8 Å². The SMILES string of the molecule is CC(CCSC(=O)OCOC(=O)C1CCCCC1)=C(NC(=O)OCOC(=O)C1CCCCC1)C(=O)OC(C)C. The fraction of sp³-hybridized carbons (Fsp3) is 0.741. The summed E-state index contributed by atoms with van der Waals surface area (Å²) >= 11 is 0.844. The van der Waals surface area contributed by atoms with E-state index in [0.29, 0.717) is 5.57 Å². The van der Waals surface area contributed by atoms with E-state index >= 15 is 0 Å². The van der Waals surface area contributed by atoms with Crippen molar-refractivity contribution in [2.24, 2.45) is 11.8 Å². The second-order valence-electron chi connectivity index (χ2n) is 9.99. The van der Waals surface area contributed by atoms with E-state index in [-0.39, 0.29) is 35.7 Å². The van der Waals surface area contributed by atoms with Crippen LogP contribution in [0.3, 0.4) is 0 Å². The Labute approximate surface area is 234 Å². The summed E-state index contributed by atoms with van der Waals surface area (Å²) in [5, 5.41) is 1.73. The fourth-order valence-corrected chi connectivity index (χ4v) is 5.09. The first-order valence-electron chi connectivity index (χ1n) is 13.6. The second kappa shape index (κ2) is 17.8. The van der Waals surface area contributed by atoms with E-state index < -0.39 is 43.0 Å². The van der Waals surface area contributed by atoms with Gasteiger partial charge in [-0.1, -0.05) is 38.5 Å². The predicted octanol–water partition coefficient (Wildman–Crippen LogP) is 5.36. The zero-order valence-corrected chi connectivity index (χ0v) is 23.9. The molecule has 2 rings (SSSR count). The van der Waals surface area contributed by atoms with Gasteiger partial charge in [0, 0.05) is 5.75 Å². The van der Waals surface area contributed by atoms with Crippen molar-refractivity contribution < 1.29 is 47.7 Å². The number of carbonyl (C=O) groups excluding carboxylic acids is 5. The third-order valence-corrected chi connectivity index (χ3v) is 7.31. The smallest absolute Gasteiger partial charge is 0.414 e. The van der Waals surface area contributed by atoms with E-state index in [4.69, 9.17) is 23.7 Å². The molecule has 0 spiro atoms. The van der Waals surface area contributed by atoms with Crippen LogP contribution in [0.2, 0.25) is 0 Å². The molecule has 1 amide bonds. The number of thioether (sulfide) groups is 1. The van der Waals surface area contributed by atoms with E-state index in [1.807, 2.05) is 0 Å². The van der Waals surface area contributed by atoms with Crippen LogP contribution in [0.5, 0.6) is 0 Å². The number of esters is 3. The second-order valence-corrected chi connectivity index (χ2v) is 11.0. The van der Waals surface area contributed by atoms with Gasteiger partial charge in [0.05, 0.1) is 17.9 Å². The molecule has 0 radical (unpaired) electrons. The summed E-state index contributed by atoms with van der Waals surface area (Å²) < 4.78 is 25.2. The Morgan fingerprint density at radius 1 is 0.769 bits per heavy atom. The standard InChI is InChI=1S/C27H41NO10S/c1-18(2)38-25(31)22(28-26(32)36-16-34-23(29)20-10-6-4-7-11-20)19(3)14-15-39-27(33)37-17-35-24(30)21-12-8-5-9-13-21/h18,20-21H,4-17H2,1-3H3,(H,28,32). The van der Waals surface area contributed by atoms with Gasteiger partial charge in [-0.25, -0.2) is 14.4 Å². The van der Waals surface area contributed by atoms with Crippen LogP contribution in [0.1, 0.15) is 91.4 Å². The van der Waals surface area contributed by atoms with E-state index in [9.17, 15) is 24.0 Å². The Balaban J connectivity index is 1.77. The van der Waals surface area contributed by atoms with Crippen LogP contribution in [0, 0.1) is 11.8 Å². The highest BCUT2D eigenvalue weighted by atomic mass is 32.2. The fourth-order valence-electron chi connectivity index (χ4n) is 4.39. The van der Waals surface area contributed by atoms with Crippen molar-refractivity contribution in [3.63, 3.8) is 0 Å². The number of amides is 1. The highest BCUT2D eigenvalue weighted by molar-refractivity contribution is 8.13. The van der Waals surface area contributed by atoms with Gasteiger partial charge in [0.1, 0.15) is 5.70 Å². The highest BCUT2D eigenvalue weighted by Crippen LogP contribution is 2.25. The molecule has 0 unspecified atom stereocenters. The minimum Gasteiger partial charge on any atom is -0.458 e. The lowest BCUT2D eigenvalue weighted by Crippen LogP contribution is -2.32. The van der Waals surface area contributed by atoms with Gasteiger partial charge in [-0.2, -0.15) is 0 Å². The molecule has 0 heterocycles. The summed E-state index contributed by atoms with van der Waals surface area (Å²) in [7, 11) is 0. The molecule has 2 aliphatic rings. The average molecular weight is 572 g/mol. The summed E-state index contributed by atoms with van der Waals surface area (Å²) in [4.78, 5) is 61.0. The Morgan fingerprint density at radius 3 is 1.79 bits per heavy atom. The first-order chi connectivity index (χ1) is 18.7.